The fourth-order valence-electron chi connectivity index (χ4n) is 3.26. The third-order valence-corrected chi connectivity index (χ3v) is 4.69. The van der Waals surface area contributed by atoms with Crippen molar-refractivity contribution < 1.29 is 4.79 Å². The maximum atomic E-state index is 11.9. The normalized spacial score (nSPS) is 26.6. The number of rotatable bonds is 1. The van der Waals surface area contributed by atoms with Gasteiger partial charge in [-0.25, -0.2) is 0 Å². The van der Waals surface area contributed by atoms with Crippen LogP contribution in [0.25, 0.3) is 0 Å². The highest BCUT2D eigenvalue weighted by Gasteiger charge is 2.32. The van der Waals surface area contributed by atoms with Crippen molar-refractivity contribution in [3.05, 3.63) is 23.8 Å². The van der Waals surface area contributed by atoms with Crippen LogP contribution < -0.4 is 15.5 Å². The number of fused-ring (bicyclic) bond motifs is 1. The largest absolute Gasteiger partial charge is 0.371 e. The number of carbonyl (C=O) groups is 1. The topological polar surface area (TPSA) is 49.6 Å². The molecule has 0 bridgehead atoms. The molecule has 1 aromatic rings. The van der Waals surface area contributed by atoms with E-state index in [0.717, 1.165) is 30.3 Å². The second-order valence-corrected chi connectivity index (χ2v) is 6.14. The van der Waals surface area contributed by atoms with Crippen LogP contribution in [0.2, 0.25) is 0 Å². The first-order valence-corrected chi connectivity index (χ1v) is 7.50. The van der Waals surface area contributed by atoms with Crippen molar-refractivity contribution >= 4 is 17.3 Å². The number of likely N-dealkylation sites (N-methyl/N-ethyl adjacent to an activating group) is 1. The Morgan fingerprint density at radius 3 is 2.85 bits per heavy atom. The lowest BCUT2D eigenvalue weighted by atomic mass is 10.0. The molecule has 20 heavy (non-hydrogen) atoms. The van der Waals surface area contributed by atoms with Crippen LogP contribution in [-0.4, -0.2) is 26.0 Å². The summed E-state index contributed by atoms with van der Waals surface area (Å²) in [5, 5.41) is 0. The van der Waals surface area contributed by atoms with Crippen LogP contribution in [-0.2, 0) is 4.79 Å². The van der Waals surface area contributed by atoms with E-state index < -0.39 is 6.04 Å². The first-order chi connectivity index (χ1) is 9.58. The van der Waals surface area contributed by atoms with Crippen molar-refractivity contribution in [3.8, 4) is 0 Å². The lowest BCUT2D eigenvalue weighted by Crippen LogP contribution is -2.28. The van der Waals surface area contributed by atoms with E-state index in [-0.39, 0.29) is 5.91 Å². The lowest BCUT2D eigenvalue weighted by molar-refractivity contribution is -0.118. The SMILES string of the molecule is CC1CCCN(c2ccc3c(c2)N(C)C(=O)C3N)CC1. The van der Waals surface area contributed by atoms with Gasteiger partial charge in [-0.2, -0.15) is 0 Å². The molecule has 0 spiro atoms. The zero-order valence-corrected chi connectivity index (χ0v) is 12.3. The predicted octanol–water partition coefficient (Wildman–Crippen LogP) is 2.29. The van der Waals surface area contributed by atoms with Gasteiger partial charge in [-0.3, -0.25) is 4.79 Å². The maximum absolute atomic E-state index is 11.9. The number of nitrogens with zero attached hydrogens (tertiary/aromatic N) is 2. The first-order valence-electron chi connectivity index (χ1n) is 7.50. The molecular weight excluding hydrogens is 250 g/mol. The third-order valence-electron chi connectivity index (χ3n) is 4.69. The Hall–Kier alpha value is -1.55. The molecule has 2 N–H and O–H groups in total. The van der Waals surface area contributed by atoms with Crippen LogP contribution in [0.5, 0.6) is 0 Å². The van der Waals surface area contributed by atoms with Gasteiger partial charge in [0.15, 0.2) is 0 Å². The molecule has 0 aliphatic carbocycles. The lowest BCUT2D eigenvalue weighted by Gasteiger charge is -2.24. The van der Waals surface area contributed by atoms with E-state index >= 15 is 0 Å². The summed E-state index contributed by atoms with van der Waals surface area (Å²) in [4.78, 5) is 16.1. The Bertz CT molecular complexity index is 528. The van der Waals surface area contributed by atoms with Crippen molar-refractivity contribution in [2.24, 2.45) is 11.7 Å². The molecule has 1 saturated heterocycles. The second kappa shape index (κ2) is 5.09. The Labute approximate surface area is 120 Å². The summed E-state index contributed by atoms with van der Waals surface area (Å²) in [7, 11) is 1.81. The van der Waals surface area contributed by atoms with Gasteiger partial charge in [0.25, 0.3) is 0 Å². The molecule has 0 aromatic heterocycles. The van der Waals surface area contributed by atoms with E-state index in [9.17, 15) is 4.79 Å². The summed E-state index contributed by atoms with van der Waals surface area (Å²) in [5.74, 6) is 0.800. The molecule has 2 atom stereocenters. The van der Waals surface area contributed by atoms with Gasteiger partial charge < -0.3 is 15.5 Å². The van der Waals surface area contributed by atoms with Gasteiger partial charge in [-0.15, -0.1) is 0 Å². The van der Waals surface area contributed by atoms with Crippen LogP contribution in [0, 0.1) is 5.92 Å². The zero-order valence-electron chi connectivity index (χ0n) is 12.3. The zero-order chi connectivity index (χ0) is 14.3. The highest BCUT2D eigenvalue weighted by molar-refractivity contribution is 6.04. The molecule has 1 fully saturated rings. The highest BCUT2D eigenvalue weighted by Crippen LogP contribution is 2.36. The molecule has 0 radical (unpaired) electrons. The minimum Gasteiger partial charge on any atom is -0.371 e. The summed E-state index contributed by atoms with van der Waals surface area (Å²) in [6.45, 7) is 4.54. The average molecular weight is 273 g/mol. The molecule has 3 rings (SSSR count). The van der Waals surface area contributed by atoms with Crippen molar-refractivity contribution in [1.82, 2.24) is 0 Å². The van der Waals surface area contributed by atoms with Gasteiger partial charge in [-0.1, -0.05) is 13.0 Å². The fraction of sp³-hybridized carbons (Fsp3) is 0.562. The van der Waals surface area contributed by atoms with E-state index in [1.807, 2.05) is 13.1 Å². The van der Waals surface area contributed by atoms with Gasteiger partial charge >= 0.3 is 0 Å². The monoisotopic (exact) mass is 273 g/mol. The number of amides is 1. The number of carbonyl (C=O) groups excluding carboxylic acids is 1. The van der Waals surface area contributed by atoms with Crippen LogP contribution in [0.3, 0.4) is 0 Å². The molecule has 2 aliphatic rings. The molecule has 1 aromatic carbocycles. The number of benzene rings is 1. The first kappa shape index (κ1) is 13.4. The predicted molar refractivity (Wildman–Crippen MR) is 82.0 cm³/mol. The van der Waals surface area contributed by atoms with Crippen molar-refractivity contribution in [2.45, 2.75) is 32.2 Å². The van der Waals surface area contributed by atoms with E-state index in [1.165, 1.54) is 24.9 Å². The standard InChI is InChI=1S/C16H23N3O/c1-11-4-3-8-19(9-7-11)12-5-6-13-14(10-12)18(2)16(20)15(13)17/h5-6,10-11,15H,3-4,7-9,17H2,1-2H3. The molecule has 108 valence electrons. The molecule has 2 heterocycles. The van der Waals surface area contributed by atoms with E-state index in [4.69, 9.17) is 5.73 Å². The van der Waals surface area contributed by atoms with Gasteiger partial charge in [0.05, 0.1) is 5.69 Å². The number of hydrogen-bond acceptors (Lipinski definition) is 3. The van der Waals surface area contributed by atoms with Gasteiger partial charge in [0.1, 0.15) is 6.04 Å². The average Bonchev–Trinajstić information content (AvgIpc) is 2.64. The highest BCUT2D eigenvalue weighted by atomic mass is 16.2. The number of hydrogen-bond donors (Lipinski definition) is 1. The number of anilines is 2. The van der Waals surface area contributed by atoms with Crippen molar-refractivity contribution in [1.29, 1.82) is 0 Å². The summed E-state index contributed by atoms with van der Waals surface area (Å²) in [5.41, 5.74) is 9.08. The van der Waals surface area contributed by atoms with Crippen LogP contribution >= 0.6 is 0 Å². The Kier molecular flexibility index (Phi) is 3.42. The molecule has 0 saturated carbocycles. The Morgan fingerprint density at radius 1 is 1.25 bits per heavy atom. The van der Waals surface area contributed by atoms with E-state index in [1.54, 1.807) is 4.90 Å². The van der Waals surface area contributed by atoms with Gasteiger partial charge in [0, 0.05) is 31.4 Å². The van der Waals surface area contributed by atoms with Crippen molar-refractivity contribution in [3.63, 3.8) is 0 Å². The van der Waals surface area contributed by atoms with E-state index in [0.29, 0.717) is 0 Å². The Balaban J connectivity index is 1.88. The van der Waals surface area contributed by atoms with Crippen LogP contribution in [0.4, 0.5) is 11.4 Å². The number of nitrogens with two attached hydrogens (primary N) is 1. The minimum absolute atomic E-state index is 0.0124. The minimum atomic E-state index is -0.492. The molecular formula is C16H23N3O. The summed E-state index contributed by atoms with van der Waals surface area (Å²) >= 11 is 0. The molecule has 4 nitrogen and oxygen atoms in total. The van der Waals surface area contributed by atoms with Crippen LogP contribution in [0.15, 0.2) is 18.2 Å². The van der Waals surface area contributed by atoms with E-state index in [2.05, 4.69) is 24.0 Å². The molecule has 2 aliphatic heterocycles. The molecule has 1 amide bonds. The summed E-state index contributed by atoms with van der Waals surface area (Å²) in [6, 6.07) is 5.76. The van der Waals surface area contributed by atoms with Gasteiger partial charge in [0.2, 0.25) is 5.91 Å². The van der Waals surface area contributed by atoms with Crippen LogP contribution in [0.1, 0.15) is 37.8 Å². The maximum Gasteiger partial charge on any atom is 0.248 e. The Morgan fingerprint density at radius 2 is 2.05 bits per heavy atom. The van der Waals surface area contributed by atoms with Crippen molar-refractivity contribution in [2.75, 3.05) is 29.9 Å². The summed E-state index contributed by atoms with van der Waals surface area (Å²) in [6.07, 6.45) is 3.79. The smallest absolute Gasteiger partial charge is 0.248 e. The second-order valence-electron chi connectivity index (χ2n) is 6.14. The summed E-state index contributed by atoms with van der Waals surface area (Å²) < 4.78 is 0. The molecule has 2 unspecified atom stereocenters. The molecule has 4 heteroatoms. The quantitative estimate of drug-likeness (QED) is 0.854. The fourth-order valence-corrected chi connectivity index (χ4v) is 3.26. The van der Waals surface area contributed by atoms with Gasteiger partial charge in [-0.05, 0) is 37.3 Å². The third kappa shape index (κ3) is 2.18.